The molecule has 0 radical (unpaired) electrons. The molecule has 146 valence electrons. The fourth-order valence-corrected chi connectivity index (χ4v) is 5.66. The van der Waals surface area contributed by atoms with Gasteiger partial charge >= 0.3 is 0 Å². The molecule has 5 atom stereocenters. The van der Waals surface area contributed by atoms with Crippen molar-refractivity contribution in [3.63, 3.8) is 0 Å². The van der Waals surface area contributed by atoms with Gasteiger partial charge in [-0.25, -0.2) is 0 Å². The summed E-state index contributed by atoms with van der Waals surface area (Å²) >= 11 is 1.45. The quantitative estimate of drug-likeness (QED) is 0.762. The minimum absolute atomic E-state index is 0.0827. The Balaban J connectivity index is 1.37. The van der Waals surface area contributed by atoms with Gasteiger partial charge in [0.25, 0.3) is 0 Å². The van der Waals surface area contributed by atoms with Crippen LogP contribution in [0.1, 0.15) is 45.3 Å². The summed E-state index contributed by atoms with van der Waals surface area (Å²) in [7, 11) is 1.92. The standard InChI is InChI=1S/C20H28N4O2S/c1-11(17-10-14-5-6-15(17)9-14)21-19(25)13(3)27-20-23-22-18(24(20)4)16-7-8-26-12(16)2/h7-8,11,13-15,17H,5-6,9-10H2,1-4H3,(H,21,25). The molecule has 2 saturated carbocycles. The van der Waals surface area contributed by atoms with Crippen molar-refractivity contribution in [2.24, 2.45) is 24.8 Å². The number of hydrogen-bond donors (Lipinski definition) is 1. The summed E-state index contributed by atoms with van der Waals surface area (Å²) in [6, 6.07) is 2.14. The first kappa shape index (κ1) is 18.6. The summed E-state index contributed by atoms with van der Waals surface area (Å²) in [5.74, 6) is 4.01. The zero-order chi connectivity index (χ0) is 19.1. The summed E-state index contributed by atoms with van der Waals surface area (Å²) in [5.41, 5.74) is 0.930. The molecule has 2 fully saturated rings. The molecule has 2 aliphatic rings. The van der Waals surface area contributed by atoms with Crippen LogP contribution < -0.4 is 5.32 Å². The predicted octanol–water partition coefficient (Wildman–Crippen LogP) is 3.81. The van der Waals surface area contributed by atoms with Gasteiger partial charge in [0.05, 0.1) is 17.1 Å². The molecule has 5 unspecified atom stereocenters. The van der Waals surface area contributed by atoms with Gasteiger partial charge in [-0.05, 0) is 63.9 Å². The Bertz CT molecular complexity index is 830. The topological polar surface area (TPSA) is 72.9 Å². The highest BCUT2D eigenvalue weighted by Gasteiger charge is 2.42. The van der Waals surface area contributed by atoms with Crippen molar-refractivity contribution in [3.8, 4) is 11.4 Å². The van der Waals surface area contributed by atoms with Crippen LogP contribution in [0, 0.1) is 24.7 Å². The summed E-state index contributed by atoms with van der Waals surface area (Å²) < 4.78 is 7.29. The zero-order valence-electron chi connectivity index (χ0n) is 16.4. The predicted molar refractivity (Wildman–Crippen MR) is 105 cm³/mol. The van der Waals surface area contributed by atoms with E-state index < -0.39 is 0 Å². The van der Waals surface area contributed by atoms with Gasteiger partial charge < -0.3 is 14.3 Å². The lowest BCUT2D eigenvalue weighted by molar-refractivity contribution is -0.121. The van der Waals surface area contributed by atoms with Crippen LogP contribution in [0.25, 0.3) is 11.4 Å². The Kier molecular flexibility index (Phi) is 5.05. The normalized spacial score (nSPS) is 26.3. The molecule has 2 aromatic heterocycles. The number of aromatic nitrogens is 3. The average molecular weight is 389 g/mol. The molecule has 2 aliphatic carbocycles. The molecular formula is C20H28N4O2S. The maximum atomic E-state index is 12.7. The van der Waals surface area contributed by atoms with Gasteiger partial charge in [0.15, 0.2) is 11.0 Å². The number of thioether (sulfide) groups is 1. The SMILES string of the molecule is Cc1occc1-c1nnc(SC(C)C(=O)NC(C)C2CC3CCC2C3)n1C. The summed E-state index contributed by atoms with van der Waals surface area (Å²) in [4.78, 5) is 12.7. The molecule has 2 aromatic rings. The molecule has 0 aliphatic heterocycles. The van der Waals surface area contributed by atoms with Gasteiger partial charge in [0.1, 0.15) is 5.76 Å². The fourth-order valence-electron chi connectivity index (χ4n) is 4.84. The Labute approximate surface area is 164 Å². The number of nitrogens with one attached hydrogen (secondary N) is 1. The van der Waals surface area contributed by atoms with E-state index in [1.807, 2.05) is 31.5 Å². The highest BCUT2D eigenvalue weighted by Crippen LogP contribution is 2.49. The van der Waals surface area contributed by atoms with Crippen LogP contribution in [0.4, 0.5) is 0 Å². The van der Waals surface area contributed by atoms with Gasteiger partial charge in [-0.3, -0.25) is 4.79 Å². The first-order valence-electron chi connectivity index (χ1n) is 9.85. The number of hydrogen-bond acceptors (Lipinski definition) is 5. The largest absolute Gasteiger partial charge is 0.469 e. The van der Waals surface area contributed by atoms with Crippen molar-refractivity contribution in [2.45, 2.75) is 62.9 Å². The molecule has 0 aromatic carbocycles. The van der Waals surface area contributed by atoms with Crippen LogP contribution in [0.3, 0.4) is 0 Å². The second-order valence-corrected chi connectivity index (χ2v) is 9.46. The Morgan fingerprint density at radius 2 is 2.15 bits per heavy atom. The number of amides is 1. The third-order valence-electron chi connectivity index (χ3n) is 6.39. The van der Waals surface area contributed by atoms with Crippen LogP contribution in [0.2, 0.25) is 0 Å². The second-order valence-electron chi connectivity index (χ2n) is 8.15. The average Bonchev–Trinajstić information content (AvgIpc) is 3.41. The number of fused-ring (bicyclic) bond motifs is 2. The maximum absolute atomic E-state index is 12.7. The first-order chi connectivity index (χ1) is 12.9. The van der Waals surface area contributed by atoms with Gasteiger partial charge in [-0.2, -0.15) is 0 Å². The van der Waals surface area contributed by atoms with Crippen molar-refractivity contribution < 1.29 is 9.21 Å². The van der Waals surface area contributed by atoms with Gasteiger partial charge in [-0.1, -0.05) is 18.2 Å². The minimum Gasteiger partial charge on any atom is -0.469 e. The van der Waals surface area contributed by atoms with Crippen molar-refractivity contribution in [3.05, 3.63) is 18.1 Å². The van der Waals surface area contributed by atoms with Crippen molar-refractivity contribution >= 4 is 17.7 Å². The van der Waals surface area contributed by atoms with Crippen LogP contribution in [-0.2, 0) is 11.8 Å². The van der Waals surface area contributed by atoms with E-state index in [4.69, 9.17) is 4.42 Å². The van der Waals surface area contributed by atoms with Gasteiger partial charge in [-0.15, -0.1) is 10.2 Å². The van der Waals surface area contributed by atoms with E-state index in [9.17, 15) is 4.79 Å². The van der Waals surface area contributed by atoms with E-state index in [2.05, 4.69) is 22.4 Å². The number of rotatable bonds is 6. The molecule has 1 N–H and O–H groups in total. The summed E-state index contributed by atoms with van der Waals surface area (Å²) in [5, 5.41) is 12.3. The van der Waals surface area contributed by atoms with Crippen molar-refractivity contribution in [1.82, 2.24) is 20.1 Å². The second kappa shape index (κ2) is 7.34. The molecule has 2 heterocycles. The van der Waals surface area contributed by atoms with Gasteiger partial charge in [0.2, 0.25) is 5.91 Å². The van der Waals surface area contributed by atoms with Crippen molar-refractivity contribution in [2.75, 3.05) is 0 Å². The molecule has 7 heteroatoms. The number of furan rings is 1. The van der Waals surface area contributed by atoms with Crippen LogP contribution in [-0.4, -0.2) is 32.0 Å². The highest BCUT2D eigenvalue weighted by molar-refractivity contribution is 8.00. The highest BCUT2D eigenvalue weighted by atomic mass is 32.2. The van der Waals surface area contributed by atoms with E-state index in [0.717, 1.165) is 34.1 Å². The van der Waals surface area contributed by atoms with Crippen LogP contribution in [0.5, 0.6) is 0 Å². The molecule has 2 bridgehead atoms. The van der Waals surface area contributed by atoms with E-state index in [1.54, 1.807) is 6.26 Å². The van der Waals surface area contributed by atoms with E-state index >= 15 is 0 Å². The van der Waals surface area contributed by atoms with E-state index in [1.165, 1.54) is 37.4 Å². The first-order valence-corrected chi connectivity index (χ1v) is 10.7. The molecule has 6 nitrogen and oxygen atoms in total. The molecular weight excluding hydrogens is 360 g/mol. The van der Waals surface area contributed by atoms with Gasteiger partial charge in [0, 0.05) is 13.1 Å². The Morgan fingerprint density at radius 3 is 2.78 bits per heavy atom. The Morgan fingerprint density at radius 1 is 1.33 bits per heavy atom. The lowest BCUT2D eigenvalue weighted by atomic mass is 9.84. The third-order valence-corrected chi connectivity index (χ3v) is 7.52. The lowest BCUT2D eigenvalue weighted by Crippen LogP contribution is -2.43. The zero-order valence-corrected chi connectivity index (χ0v) is 17.3. The summed E-state index contributed by atoms with van der Waals surface area (Å²) in [6.45, 7) is 6.01. The smallest absolute Gasteiger partial charge is 0.233 e. The summed E-state index contributed by atoms with van der Waals surface area (Å²) in [6.07, 6.45) is 7.03. The van der Waals surface area contributed by atoms with Crippen LogP contribution >= 0.6 is 11.8 Å². The number of carbonyl (C=O) groups excluding carboxylic acids is 1. The van der Waals surface area contributed by atoms with Crippen molar-refractivity contribution in [1.29, 1.82) is 0 Å². The monoisotopic (exact) mass is 388 g/mol. The Hall–Kier alpha value is -1.76. The molecule has 4 rings (SSSR count). The fraction of sp³-hybridized carbons (Fsp3) is 0.650. The third kappa shape index (κ3) is 3.53. The van der Waals surface area contributed by atoms with E-state index in [0.29, 0.717) is 5.92 Å². The lowest BCUT2D eigenvalue weighted by Gasteiger charge is -2.29. The molecule has 0 spiro atoms. The maximum Gasteiger partial charge on any atom is 0.233 e. The molecule has 27 heavy (non-hydrogen) atoms. The number of aryl methyl sites for hydroxylation is 1. The van der Waals surface area contributed by atoms with Crippen LogP contribution in [0.15, 0.2) is 21.9 Å². The molecule has 0 saturated heterocycles. The number of nitrogens with zero attached hydrogens (tertiary/aromatic N) is 3. The minimum atomic E-state index is -0.216. The van der Waals surface area contributed by atoms with E-state index in [-0.39, 0.29) is 17.2 Å². The number of carbonyl (C=O) groups is 1. The molecule has 1 amide bonds.